The van der Waals surface area contributed by atoms with Gasteiger partial charge in [-0.25, -0.2) is 4.79 Å². The van der Waals surface area contributed by atoms with Crippen molar-refractivity contribution in [2.75, 3.05) is 19.9 Å². The topological polar surface area (TPSA) is 80.5 Å². The van der Waals surface area contributed by atoms with Crippen LogP contribution in [0.2, 0.25) is 0 Å². The second-order valence-electron chi connectivity index (χ2n) is 8.64. The summed E-state index contributed by atoms with van der Waals surface area (Å²) in [5.41, 5.74) is 3.41. The Morgan fingerprint density at radius 1 is 1.15 bits per heavy atom. The molecule has 1 N–H and O–H groups in total. The van der Waals surface area contributed by atoms with Crippen LogP contribution in [0.3, 0.4) is 0 Å². The lowest BCUT2D eigenvalue weighted by molar-refractivity contribution is 0.202. The Balaban J connectivity index is 1.75. The lowest BCUT2D eigenvalue weighted by atomic mass is 9.94. The Hall–Kier alpha value is -3.26. The summed E-state index contributed by atoms with van der Waals surface area (Å²) in [6.45, 7) is 6.86. The molecule has 7 nitrogen and oxygen atoms in total. The van der Waals surface area contributed by atoms with Gasteiger partial charge in [0.2, 0.25) is 5.82 Å². The molecule has 0 spiro atoms. The highest BCUT2D eigenvalue weighted by molar-refractivity contribution is 7.98. The third-order valence-corrected chi connectivity index (χ3v) is 6.72. The van der Waals surface area contributed by atoms with Crippen molar-refractivity contribution in [2.24, 2.45) is 5.92 Å². The van der Waals surface area contributed by atoms with Crippen molar-refractivity contribution >= 4 is 23.4 Å². The Labute approximate surface area is 204 Å². The first-order valence-electron chi connectivity index (χ1n) is 11.3. The third-order valence-electron chi connectivity index (χ3n) is 5.98. The molecule has 0 radical (unpaired) electrons. The van der Waals surface area contributed by atoms with Gasteiger partial charge in [-0.1, -0.05) is 31.1 Å². The molecule has 1 aliphatic rings. The standard InChI is InChI=1S/C26H30N4O3S/c1-16(2)14-15-30-17(3)22(23(27-26(30)31)18-6-10-20(32-4)11-7-18)25-28-24(29-33-25)19-8-12-21(34-5)13-9-19/h6-13,16,23H,14-15H2,1-5H3,(H,27,31). The second-order valence-corrected chi connectivity index (χ2v) is 9.52. The van der Waals surface area contributed by atoms with E-state index in [1.807, 2.05) is 61.7 Å². The number of ether oxygens (including phenoxy) is 1. The van der Waals surface area contributed by atoms with Crippen LogP contribution in [-0.4, -0.2) is 41.0 Å². The van der Waals surface area contributed by atoms with Crippen LogP contribution < -0.4 is 10.1 Å². The molecule has 2 aromatic carbocycles. The van der Waals surface area contributed by atoms with Crippen LogP contribution in [0.4, 0.5) is 4.79 Å². The van der Waals surface area contributed by atoms with Crippen molar-refractivity contribution < 1.29 is 14.1 Å². The Kier molecular flexibility index (Phi) is 7.26. The zero-order valence-electron chi connectivity index (χ0n) is 20.2. The first-order chi connectivity index (χ1) is 16.4. The molecule has 178 valence electrons. The maximum atomic E-state index is 13.1. The summed E-state index contributed by atoms with van der Waals surface area (Å²) in [5, 5.41) is 7.39. The van der Waals surface area contributed by atoms with E-state index in [0.29, 0.717) is 24.2 Å². The summed E-state index contributed by atoms with van der Waals surface area (Å²) < 4.78 is 11.1. The number of urea groups is 1. The number of nitrogens with zero attached hydrogens (tertiary/aromatic N) is 3. The van der Waals surface area contributed by atoms with Gasteiger partial charge in [-0.3, -0.25) is 4.90 Å². The summed E-state index contributed by atoms with van der Waals surface area (Å²) in [4.78, 5) is 20.7. The predicted molar refractivity (Wildman–Crippen MR) is 135 cm³/mol. The van der Waals surface area contributed by atoms with Gasteiger partial charge in [0.25, 0.3) is 5.89 Å². The Morgan fingerprint density at radius 2 is 1.85 bits per heavy atom. The van der Waals surface area contributed by atoms with E-state index >= 15 is 0 Å². The molecule has 2 amide bonds. The van der Waals surface area contributed by atoms with Crippen LogP contribution in [0.1, 0.15) is 44.7 Å². The number of rotatable bonds is 8. The first kappa shape index (κ1) is 23.9. The second kappa shape index (κ2) is 10.3. The summed E-state index contributed by atoms with van der Waals surface area (Å²) >= 11 is 1.68. The van der Waals surface area contributed by atoms with E-state index < -0.39 is 6.04 Å². The van der Waals surface area contributed by atoms with E-state index in [0.717, 1.165) is 34.6 Å². The number of allylic oxidation sites excluding steroid dienone is 1. The highest BCUT2D eigenvalue weighted by Crippen LogP contribution is 2.38. The van der Waals surface area contributed by atoms with Crippen molar-refractivity contribution in [2.45, 2.75) is 38.1 Å². The molecule has 34 heavy (non-hydrogen) atoms. The number of carbonyl (C=O) groups excluding carboxylic acids is 1. The number of aromatic nitrogens is 2. The molecule has 8 heteroatoms. The molecule has 0 bridgehead atoms. The number of amides is 2. The van der Waals surface area contributed by atoms with E-state index in [9.17, 15) is 4.79 Å². The molecule has 4 rings (SSSR count). The van der Waals surface area contributed by atoms with Crippen molar-refractivity contribution in [3.05, 3.63) is 65.7 Å². The van der Waals surface area contributed by atoms with Crippen LogP contribution >= 0.6 is 11.8 Å². The number of hydrogen-bond donors (Lipinski definition) is 1. The largest absolute Gasteiger partial charge is 0.497 e. The van der Waals surface area contributed by atoms with Crippen LogP contribution in [0.25, 0.3) is 17.0 Å². The average molecular weight is 479 g/mol. The number of thioether (sulfide) groups is 1. The van der Waals surface area contributed by atoms with Gasteiger partial charge in [-0.05, 0) is 67.5 Å². The maximum Gasteiger partial charge on any atom is 0.322 e. The zero-order valence-corrected chi connectivity index (χ0v) is 21.0. The van der Waals surface area contributed by atoms with Gasteiger partial charge in [0, 0.05) is 22.7 Å². The Bertz CT molecular complexity index is 1170. The van der Waals surface area contributed by atoms with Crippen LogP contribution in [0.5, 0.6) is 5.75 Å². The van der Waals surface area contributed by atoms with Gasteiger partial charge in [0.15, 0.2) is 0 Å². The first-order valence-corrected chi connectivity index (χ1v) is 12.5. The smallest absolute Gasteiger partial charge is 0.322 e. The van der Waals surface area contributed by atoms with Gasteiger partial charge >= 0.3 is 6.03 Å². The fourth-order valence-corrected chi connectivity index (χ4v) is 4.36. The quantitative estimate of drug-likeness (QED) is 0.399. The van der Waals surface area contributed by atoms with Crippen molar-refractivity contribution in [3.63, 3.8) is 0 Å². The van der Waals surface area contributed by atoms with Crippen molar-refractivity contribution in [1.82, 2.24) is 20.4 Å². The van der Waals surface area contributed by atoms with Gasteiger partial charge in [-0.2, -0.15) is 4.98 Å². The van der Waals surface area contributed by atoms with E-state index in [1.54, 1.807) is 23.8 Å². The number of methoxy groups -OCH3 is 1. The monoisotopic (exact) mass is 478 g/mol. The highest BCUT2D eigenvalue weighted by Gasteiger charge is 2.35. The number of carbonyl (C=O) groups is 1. The Morgan fingerprint density at radius 3 is 2.47 bits per heavy atom. The molecule has 0 aliphatic carbocycles. The summed E-state index contributed by atoms with van der Waals surface area (Å²) in [5.74, 6) is 2.14. The molecule has 0 saturated carbocycles. The molecule has 2 heterocycles. The number of hydrogen-bond acceptors (Lipinski definition) is 6. The van der Waals surface area contributed by atoms with Gasteiger partial charge in [-0.15, -0.1) is 11.8 Å². The van der Waals surface area contributed by atoms with Crippen LogP contribution in [-0.2, 0) is 0 Å². The van der Waals surface area contributed by atoms with Gasteiger partial charge in [0.05, 0.1) is 18.7 Å². The molecule has 1 atom stereocenters. The summed E-state index contributed by atoms with van der Waals surface area (Å²) in [6, 6.07) is 15.2. The van der Waals surface area contributed by atoms with Crippen LogP contribution in [0, 0.1) is 5.92 Å². The van der Waals surface area contributed by atoms with Crippen LogP contribution in [0.15, 0.2) is 63.6 Å². The molecule has 1 aromatic heterocycles. The SMILES string of the molecule is COc1ccc(C2NC(=O)N(CCC(C)C)C(C)=C2c2nc(-c3ccc(SC)cc3)no2)cc1. The molecule has 1 aliphatic heterocycles. The van der Waals surface area contributed by atoms with E-state index in [4.69, 9.17) is 14.2 Å². The predicted octanol–water partition coefficient (Wildman–Crippen LogP) is 6.01. The van der Waals surface area contributed by atoms with Crippen molar-refractivity contribution in [1.29, 1.82) is 0 Å². The fraction of sp³-hybridized carbons (Fsp3) is 0.346. The molecule has 0 saturated heterocycles. The number of nitrogens with one attached hydrogen (secondary N) is 1. The molecule has 1 unspecified atom stereocenters. The molecule has 0 fully saturated rings. The van der Waals surface area contributed by atoms with E-state index in [2.05, 4.69) is 24.3 Å². The minimum absolute atomic E-state index is 0.130. The summed E-state index contributed by atoms with van der Waals surface area (Å²) in [7, 11) is 1.63. The molecule has 3 aromatic rings. The lowest BCUT2D eigenvalue weighted by Crippen LogP contribution is -2.46. The molecular weight excluding hydrogens is 448 g/mol. The summed E-state index contributed by atoms with van der Waals surface area (Å²) in [6.07, 6.45) is 2.93. The minimum atomic E-state index is -0.416. The normalized spacial score (nSPS) is 16.2. The average Bonchev–Trinajstić information content (AvgIpc) is 3.33. The van der Waals surface area contributed by atoms with Gasteiger partial charge in [0.1, 0.15) is 5.75 Å². The highest BCUT2D eigenvalue weighted by atomic mass is 32.2. The fourth-order valence-electron chi connectivity index (χ4n) is 3.95. The zero-order chi connectivity index (χ0) is 24.2. The van der Waals surface area contributed by atoms with E-state index in [-0.39, 0.29) is 6.03 Å². The van der Waals surface area contributed by atoms with Gasteiger partial charge < -0.3 is 14.6 Å². The van der Waals surface area contributed by atoms with E-state index in [1.165, 1.54) is 4.90 Å². The maximum absolute atomic E-state index is 13.1. The minimum Gasteiger partial charge on any atom is -0.497 e. The van der Waals surface area contributed by atoms with Crippen molar-refractivity contribution in [3.8, 4) is 17.1 Å². The third kappa shape index (κ3) is 4.97. The number of benzene rings is 2. The molecular formula is C26H30N4O3S. The lowest BCUT2D eigenvalue weighted by Gasteiger charge is -2.35.